The number of methoxy groups -OCH3 is 1. The van der Waals surface area contributed by atoms with Crippen LogP contribution in [0, 0.1) is 25.2 Å². The monoisotopic (exact) mass is 590 g/mol. The molecule has 2 bridgehead atoms. The third-order valence-corrected chi connectivity index (χ3v) is 9.29. The number of hydrogen-bond donors (Lipinski definition) is 2. The molecule has 2 aromatic carbocycles. The first-order valence-corrected chi connectivity index (χ1v) is 14.2. The van der Waals surface area contributed by atoms with Gasteiger partial charge in [0.25, 0.3) is 5.91 Å². The Hall–Kier alpha value is -4.34. The average Bonchev–Trinajstić information content (AvgIpc) is 3.44. The van der Waals surface area contributed by atoms with Crippen molar-refractivity contribution in [1.82, 2.24) is 15.1 Å². The predicted molar refractivity (Wildman–Crippen MR) is 151 cm³/mol. The summed E-state index contributed by atoms with van der Waals surface area (Å²) in [5.41, 5.74) is 4.39. The van der Waals surface area contributed by atoms with Gasteiger partial charge in [-0.3, -0.25) is 24.2 Å². The van der Waals surface area contributed by atoms with Crippen LogP contribution in [0.5, 0.6) is 28.7 Å². The van der Waals surface area contributed by atoms with Crippen molar-refractivity contribution in [2.75, 3.05) is 27.5 Å². The zero-order valence-corrected chi connectivity index (χ0v) is 24.9. The molecule has 2 aromatic rings. The molecule has 12 nitrogen and oxygen atoms in total. The van der Waals surface area contributed by atoms with Gasteiger partial charge in [-0.1, -0.05) is 6.07 Å². The van der Waals surface area contributed by atoms with Crippen LogP contribution in [0.4, 0.5) is 0 Å². The summed E-state index contributed by atoms with van der Waals surface area (Å²) in [6.45, 7) is 6.13. The molecule has 4 aliphatic heterocycles. The van der Waals surface area contributed by atoms with Crippen molar-refractivity contribution in [2.24, 2.45) is 0 Å². The van der Waals surface area contributed by atoms with Gasteiger partial charge in [-0.05, 0) is 44.9 Å². The third-order valence-electron chi connectivity index (χ3n) is 9.29. The zero-order valence-electron chi connectivity index (χ0n) is 24.9. The molecule has 0 radical (unpaired) electrons. The Balaban J connectivity index is 1.61. The van der Waals surface area contributed by atoms with Crippen molar-refractivity contribution < 1.29 is 38.4 Å². The molecular weight excluding hydrogens is 556 g/mol. The van der Waals surface area contributed by atoms with E-state index in [1.807, 2.05) is 20.0 Å². The van der Waals surface area contributed by atoms with E-state index in [2.05, 4.69) is 21.2 Å². The lowest BCUT2D eigenvalue weighted by Crippen LogP contribution is -2.68. The van der Waals surface area contributed by atoms with Crippen molar-refractivity contribution in [1.29, 1.82) is 5.26 Å². The molecule has 0 unspecified atom stereocenters. The lowest BCUT2D eigenvalue weighted by atomic mass is 9.71. The number of Topliss-reactive ketones (excluding diaryl/α,β-unsaturated/α-hetero) is 1. The van der Waals surface area contributed by atoms with E-state index < -0.39 is 35.8 Å². The number of piperazine rings is 1. The van der Waals surface area contributed by atoms with Crippen LogP contribution in [-0.2, 0) is 27.2 Å². The largest absolute Gasteiger partial charge is 0.504 e. The number of likely N-dealkylation sites (N-methyl/N-ethyl adjacent to an activating group) is 1. The number of esters is 1. The number of nitrogens with zero attached hydrogens (tertiary/aromatic N) is 3. The molecule has 4 heterocycles. The van der Waals surface area contributed by atoms with Gasteiger partial charge in [-0.15, -0.1) is 0 Å². The number of rotatable bonds is 5. The number of carbonyl (C=O) groups excluding carboxylic acids is 3. The van der Waals surface area contributed by atoms with E-state index in [4.69, 9.17) is 18.9 Å². The van der Waals surface area contributed by atoms with Crippen LogP contribution in [0.3, 0.4) is 0 Å². The molecule has 0 saturated carbocycles. The molecule has 4 aliphatic rings. The van der Waals surface area contributed by atoms with Gasteiger partial charge < -0.3 is 29.4 Å². The Kier molecular flexibility index (Phi) is 6.98. The number of hydrogen-bond acceptors (Lipinski definition) is 11. The van der Waals surface area contributed by atoms with E-state index in [1.165, 1.54) is 21.0 Å². The highest BCUT2D eigenvalue weighted by Crippen LogP contribution is 2.58. The maximum atomic E-state index is 12.5. The quantitative estimate of drug-likeness (QED) is 0.300. The summed E-state index contributed by atoms with van der Waals surface area (Å²) < 4.78 is 23.2. The van der Waals surface area contributed by atoms with Gasteiger partial charge in [-0.2, -0.15) is 5.26 Å². The molecule has 226 valence electrons. The molecule has 6 rings (SSSR count). The first kappa shape index (κ1) is 28.8. The van der Waals surface area contributed by atoms with Gasteiger partial charge in [0, 0.05) is 54.7 Å². The summed E-state index contributed by atoms with van der Waals surface area (Å²) in [7, 11) is 3.47. The SMILES string of the molecule is COc1c(C)cc2c(c1O)[C@H]1[C@@H]3Cc4c(OC(C)=O)c(C)c5c(c4[C@H](CNC(=O)C(C)=O)N3[C@@H](C#N)[C@H](C2)N1C)OCO5. The normalized spacial score (nSPS) is 25.1. The molecule has 1 fully saturated rings. The fraction of sp³-hybridized carbons (Fsp3) is 0.484. The number of fused-ring (bicyclic) bond motifs is 9. The fourth-order valence-corrected chi connectivity index (χ4v) is 7.62. The van der Waals surface area contributed by atoms with Crippen molar-refractivity contribution in [3.63, 3.8) is 0 Å². The van der Waals surface area contributed by atoms with Crippen molar-refractivity contribution in [3.8, 4) is 34.8 Å². The van der Waals surface area contributed by atoms with E-state index >= 15 is 0 Å². The standard InChI is InChI=1S/C31H34N4O8/c1-13-7-17-8-19-21(10-32)35-20(25(34(19)5)23(17)26(38)27(13)40-6)9-18-24(22(35)11-33-31(39)15(3)36)30-29(41-12-42-30)14(2)28(18)43-16(4)37/h7,19-22,25,38H,8-9,11-12H2,1-6H3,(H,33,39)/t19-,20-,21-,22-,25+/m0/s1. The lowest BCUT2D eigenvalue weighted by Gasteiger charge is -2.60. The second kappa shape index (κ2) is 10.4. The van der Waals surface area contributed by atoms with Gasteiger partial charge in [0.1, 0.15) is 11.8 Å². The molecule has 0 spiro atoms. The van der Waals surface area contributed by atoms with Crippen molar-refractivity contribution in [2.45, 2.75) is 70.7 Å². The number of benzene rings is 2. The van der Waals surface area contributed by atoms with E-state index in [-0.39, 0.29) is 31.2 Å². The number of aryl methyl sites for hydroxylation is 1. The summed E-state index contributed by atoms with van der Waals surface area (Å²) in [5.74, 6) is -0.226. The average molecular weight is 591 g/mol. The zero-order chi connectivity index (χ0) is 30.9. The van der Waals surface area contributed by atoms with Crippen LogP contribution >= 0.6 is 0 Å². The number of ketones is 1. The summed E-state index contributed by atoms with van der Waals surface area (Å²) in [5, 5.41) is 25.0. The Labute approximate surface area is 249 Å². The minimum Gasteiger partial charge on any atom is -0.504 e. The Morgan fingerprint density at radius 3 is 2.49 bits per heavy atom. The summed E-state index contributed by atoms with van der Waals surface area (Å²) in [6, 6.07) is 2.21. The highest BCUT2D eigenvalue weighted by molar-refractivity contribution is 6.35. The van der Waals surface area contributed by atoms with Crippen LogP contribution in [0.2, 0.25) is 0 Å². The summed E-state index contributed by atoms with van der Waals surface area (Å²) in [4.78, 5) is 41.0. The highest BCUT2D eigenvalue weighted by atomic mass is 16.7. The molecule has 0 aromatic heterocycles. The lowest BCUT2D eigenvalue weighted by molar-refractivity contribution is -0.137. The van der Waals surface area contributed by atoms with E-state index in [0.717, 1.165) is 11.1 Å². The molecule has 2 N–H and O–H groups in total. The number of carbonyl (C=O) groups is 3. The van der Waals surface area contributed by atoms with Gasteiger partial charge in [-0.25, -0.2) is 0 Å². The molecule has 0 aliphatic carbocycles. The molecule has 43 heavy (non-hydrogen) atoms. The molecule has 5 atom stereocenters. The van der Waals surface area contributed by atoms with E-state index in [1.54, 1.807) is 6.92 Å². The number of nitrogens with one attached hydrogen (secondary N) is 1. The molecule has 1 saturated heterocycles. The van der Waals surface area contributed by atoms with Crippen LogP contribution in [0.15, 0.2) is 6.07 Å². The van der Waals surface area contributed by atoms with Crippen molar-refractivity contribution >= 4 is 17.7 Å². The van der Waals surface area contributed by atoms with E-state index in [0.29, 0.717) is 58.1 Å². The maximum Gasteiger partial charge on any atom is 0.308 e. The van der Waals surface area contributed by atoms with Crippen LogP contribution in [-0.4, -0.2) is 78.2 Å². The topological polar surface area (TPSA) is 151 Å². The van der Waals surface area contributed by atoms with E-state index in [9.17, 15) is 24.8 Å². The molecular formula is C31H34N4O8. The molecule has 12 heteroatoms. The summed E-state index contributed by atoms with van der Waals surface area (Å²) >= 11 is 0. The second-order valence-electron chi connectivity index (χ2n) is 11.6. The summed E-state index contributed by atoms with van der Waals surface area (Å²) in [6.07, 6.45) is 0.841. The van der Waals surface area contributed by atoms with Crippen LogP contribution < -0.4 is 24.3 Å². The highest BCUT2D eigenvalue weighted by Gasteiger charge is 2.56. The Bertz CT molecular complexity index is 1610. The smallest absolute Gasteiger partial charge is 0.308 e. The number of ether oxygens (including phenoxy) is 4. The fourth-order valence-electron chi connectivity index (χ4n) is 7.62. The van der Waals surface area contributed by atoms with Crippen LogP contribution in [0.1, 0.15) is 59.3 Å². The molecule has 1 amide bonds. The first-order valence-electron chi connectivity index (χ1n) is 14.2. The predicted octanol–water partition coefficient (Wildman–Crippen LogP) is 2.15. The van der Waals surface area contributed by atoms with Gasteiger partial charge >= 0.3 is 5.97 Å². The Morgan fingerprint density at radius 1 is 1.12 bits per heavy atom. The number of aromatic hydroxyl groups is 1. The second-order valence-corrected chi connectivity index (χ2v) is 11.6. The maximum absolute atomic E-state index is 12.5. The number of nitriles is 1. The van der Waals surface area contributed by atoms with Crippen molar-refractivity contribution in [3.05, 3.63) is 39.4 Å². The van der Waals surface area contributed by atoms with Gasteiger partial charge in [0.05, 0.1) is 25.3 Å². The minimum atomic E-state index is -0.754. The minimum absolute atomic E-state index is 0.0162. The number of amides is 1. The van der Waals surface area contributed by atoms with Gasteiger partial charge in [0.15, 0.2) is 23.0 Å². The van der Waals surface area contributed by atoms with Gasteiger partial charge in [0.2, 0.25) is 12.6 Å². The number of phenolic OH excluding ortho intramolecular Hbond substituents is 1. The first-order chi connectivity index (χ1) is 20.5. The third kappa shape index (κ3) is 4.21. The van der Waals surface area contributed by atoms with Crippen LogP contribution in [0.25, 0.3) is 0 Å². The number of phenols is 1. The Morgan fingerprint density at radius 2 is 1.84 bits per heavy atom.